The molecule has 2 N–H and O–H groups in total. The molecule has 0 aromatic carbocycles. The van der Waals surface area contributed by atoms with Gasteiger partial charge in [0.25, 0.3) is 0 Å². The molecule has 3 heteroatoms. The SMILES string of the molecule is CCCCOCCN=C(N)C1CCCCC1. The van der Waals surface area contributed by atoms with Gasteiger partial charge < -0.3 is 10.5 Å². The van der Waals surface area contributed by atoms with Crippen LogP contribution in [0.5, 0.6) is 0 Å². The van der Waals surface area contributed by atoms with Crippen LogP contribution in [-0.4, -0.2) is 25.6 Å². The second kappa shape index (κ2) is 8.57. The molecule has 0 aromatic rings. The van der Waals surface area contributed by atoms with Crippen molar-refractivity contribution in [3.63, 3.8) is 0 Å². The lowest BCUT2D eigenvalue weighted by Gasteiger charge is -2.20. The fourth-order valence-electron chi connectivity index (χ4n) is 2.12. The molecular formula is C13H26N2O. The zero-order chi connectivity index (χ0) is 11.6. The highest BCUT2D eigenvalue weighted by Gasteiger charge is 2.16. The summed E-state index contributed by atoms with van der Waals surface area (Å²) in [6.45, 7) is 4.47. The number of nitrogens with two attached hydrogens (primary N) is 1. The zero-order valence-corrected chi connectivity index (χ0v) is 10.6. The predicted octanol–water partition coefficient (Wildman–Crippen LogP) is 2.74. The van der Waals surface area contributed by atoms with Gasteiger partial charge in [0.1, 0.15) is 0 Å². The molecule has 0 bridgehead atoms. The topological polar surface area (TPSA) is 47.6 Å². The highest BCUT2D eigenvalue weighted by Crippen LogP contribution is 2.23. The van der Waals surface area contributed by atoms with Crippen LogP contribution in [0.4, 0.5) is 0 Å². The van der Waals surface area contributed by atoms with E-state index in [4.69, 9.17) is 10.5 Å². The Bertz CT molecular complexity index is 198. The smallest absolute Gasteiger partial charge is 0.0969 e. The van der Waals surface area contributed by atoms with Crippen LogP contribution < -0.4 is 5.73 Å². The molecule has 1 saturated carbocycles. The molecule has 1 aliphatic rings. The Morgan fingerprint density at radius 3 is 2.69 bits per heavy atom. The maximum Gasteiger partial charge on any atom is 0.0969 e. The van der Waals surface area contributed by atoms with Crippen LogP contribution in [-0.2, 0) is 4.74 Å². The summed E-state index contributed by atoms with van der Waals surface area (Å²) in [5, 5.41) is 0. The van der Waals surface area contributed by atoms with E-state index in [1.165, 1.54) is 38.5 Å². The number of hydrogen-bond acceptors (Lipinski definition) is 2. The average Bonchev–Trinajstić information content (AvgIpc) is 2.34. The van der Waals surface area contributed by atoms with Crippen molar-refractivity contribution < 1.29 is 4.74 Å². The quantitative estimate of drug-likeness (QED) is 0.412. The fourth-order valence-corrected chi connectivity index (χ4v) is 2.12. The minimum atomic E-state index is 0.546. The number of nitrogens with zero attached hydrogens (tertiary/aromatic N) is 1. The van der Waals surface area contributed by atoms with Crippen LogP contribution in [0.3, 0.4) is 0 Å². The first-order valence-electron chi connectivity index (χ1n) is 6.72. The van der Waals surface area contributed by atoms with Gasteiger partial charge in [0.05, 0.1) is 19.0 Å². The Morgan fingerprint density at radius 1 is 1.25 bits per heavy atom. The Balaban J connectivity index is 2.07. The highest BCUT2D eigenvalue weighted by atomic mass is 16.5. The summed E-state index contributed by atoms with van der Waals surface area (Å²) in [6.07, 6.45) is 8.78. The third-order valence-electron chi connectivity index (χ3n) is 3.20. The van der Waals surface area contributed by atoms with Crippen molar-refractivity contribution in [2.45, 2.75) is 51.9 Å². The van der Waals surface area contributed by atoms with E-state index in [-0.39, 0.29) is 0 Å². The molecule has 0 atom stereocenters. The zero-order valence-electron chi connectivity index (χ0n) is 10.6. The molecule has 94 valence electrons. The van der Waals surface area contributed by atoms with Crippen LogP contribution in [0.15, 0.2) is 4.99 Å². The summed E-state index contributed by atoms with van der Waals surface area (Å²) in [5.41, 5.74) is 5.98. The largest absolute Gasteiger partial charge is 0.387 e. The van der Waals surface area contributed by atoms with E-state index in [0.717, 1.165) is 25.4 Å². The summed E-state index contributed by atoms with van der Waals surface area (Å²) in [7, 11) is 0. The molecule has 0 unspecified atom stereocenters. The van der Waals surface area contributed by atoms with Gasteiger partial charge in [-0.25, -0.2) is 0 Å². The fraction of sp³-hybridized carbons (Fsp3) is 0.923. The standard InChI is InChI=1S/C13H26N2O/c1-2-3-10-16-11-9-15-13(14)12-7-5-4-6-8-12/h12H,2-11H2,1H3,(H2,14,15). The van der Waals surface area contributed by atoms with E-state index in [1.54, 1.807) is 0 Å². The summed E-state index contributed by atoms with van der Waals surface area (Å²) in [4.78, 5) is 4.41. The summed E-state index contributed by atoms with van der Waals surface area (Å²) in [6, 6.07) is 0. The summed E-state index contributed by atoms with van der Waals surface area (Å²) < 4.78 is 5.45. The molecule has 0 aliphatic heterocycles. The van der Waals surface area contributed by atoms with Crippen LogP contribution >= 0.6 is 0 Å². The number of rotatable bonds is 7. The molecule has 0 aromatic heterocycles. The number of unbranched alkanes of at least 4 members (excludes halogenated alkanes) is 1. The lowest BCUT2D eigenvalue weighted by Crippen LogP contribution is -2.26. The Labute approximate surface area is 99.5 Å². The van der Waals surface area contributed by atoms with Crippen LogP contribution in [0.25, 0.3) is 0 Å². The van der Waals surface area contributed by atoms with Gasteiger partial charge in [-0.1, -0.05) is 32.6 Å². The lowest BCUT2D eigenvalue weighted by molar-refractivity contribution is 0.138. The lowest BCUT2D eigenvalue weighted by atomic mass is 9.88. The van der Waals surface area contributed by atoms with Crippen molar-refractivity contribution in [2.24, 2.45) is 16.6 Å². The van der Waals surface area contributed by atoms with Gasteiger partial charge in [0.2, 0.25) is 0 Å². The van der Waals surface area contributed by atoms with E-state index in [2.05, 4.69) is 11.9 Å². The molecule has 0 radical (unpaired) electrons. The average molecular weight is 226 g/mol. The van der Waals surface area contributed by atoms with E-state index in [0.29, 0.717) is 12.5 Å². The van der Waals surface area contributed by atoms with Gasteiger partial charge in [-0.05, 0) is 19.3 Å². The Morgan fingerprint density at radius 2 is 2.00 bits per heavy atom. The van der Waals surface area contributed by atoms with Crippen molar-refractivity contribution in [2.75, 3.05) is 19.8 Å². The minimum Gasteiger partial charge on any atom is -0.387 e. The molecule has 0 amide bonds. The van der Waals surface area contributed by atoms with Gasteiger partial charge in [0.15, 0.2) is 0 Å². The molecule has 0 heterocycles. The third-order valence-corrected chi connectivity index (χ3v) is 3.20. The van der Waals surface area contributed by atoms with Crippen LogP contribution in [0, 0.1) is 5.92 Å². The monoisotopic (exact) mass is 226 g/mol. The van der Waals surface area contributed by atoms with Gasteiger partial charge >= 0.3 is 0 Å². The maximum absolute atomic E-state index is 5.98. The molecule has 1 aliphatic carbocycles. The highest BCUT2D eigenvalue weighted by molar-refractivity contribution is 5.82. The predicted molar refractivity (Wildman–Crippen MR) is 68.8 cm³/mol. The molecule has 3 nitrogen and oxygen atoms in total. The molecule has 0 saturated heterocycles. The molecule has 16 heavy (non-hydrogen) atoms. The second-order valence-electron chi connectivity index (χ2n) is 4.61. The van der Waals surface area contributed by atoms with Crippen molar-refractivity contribution >= 4 is 5.84 Å². The van der Waals surface area contributed by atoms with Crippen molar-refractivity contribution in [1.82, 2.24) is 0 Å². The number of hydrogen-bond donors (Lipinski definition) is 1. The van der Waals surface area contributed by atoms with Gasteiger partial charge in [-0.2, -0.15) is 0 Å². The number of aliphatic imine (C=N–C) groups is 1. The van der Waals surface area contributed by atoms with Crippen LogP contribution in [0.1, 0.15) is 51.9 Å². The first-order valence-corrected chi connectivity index (χ1v) is 6.72. The van der Waals surface area contributed by atoms with E-state index >= 15 is 0 Å². The van der Waals surface area contributed by atoms with Gasteiger partial charge in [-0.3, -0.25) is 4.99 Å². The van der Waals surface area contributed by atoms with E-state index in [9.17, 15) is 0 Å². The maximum atomic E-state index is 5.98. The van der Waals surface area contributed by atoms with E-state index in [1.807, 2.05) is 0 Å². The molecule has 0 spiro atoms. The number of amidine groups is 1. The first-order chi connectivity index (χ1) is 7.84. The summed E-state index contributed by atoms with van der Waals surface area (Å²) in [5.74, 6) is 1.41. The Kier molecular flexibility index (Phi) is 7.23. The van der Waals surface area contributed by atoms with Crippen LogP contribution in [0.2, 0.25) is 0 Å². The second-order valence-corrected chi connectivity index (χ2v) is 4.61. The molecule has 1 fully saturated rings. The summed E-state index contributed by atoms with van der Waals surface area (Å²) >= 11 is 0. The van der Waals surface area contributed by atoms with Crippen molar-refractivity contribution in [1.29, 1.82) is 0 Å². The van der Waals surface area contributed by atoms with Crippen molar-refractivity contribution in [3.05, 3.63) is 0 Å². The Hall–Kier alpha value is -0.570. The number of ether oxygens (including phenoxy) is 1. The molecule has 1 rings (SSSR count). The minimum absolute atomic E-state index is 0.546. The molecular weight excluding hydrogens is 200 g/mol. The first kappa shape index (κ1) is 13.5. The van der Waals surface area contributed by atoms with Gasteiger partial charge in [-0.15, -0.1) is 0 Å². The van der Waals surface area contributed by atoms with Crippen molar-refractivity contribution in [3.8, 4) is 0 Å². The van der Waals surface area contributed by atoms with E-state index < -0.39 is 0 Å². The van der Waals surface area contributed by atoms with Gasteiger partial charge in [0, 0.05) is 12.5 Å². The third kappa shape index (κ3) is 5.50. The normalized spacial score (nSPS) is 18.9.